The van der Waals surface area contributed by atoms with Gasteiger partial charge in [-0.25, -0.2) is 4.98 Å². The standard InChI is InChI=1S/C17H21N5O2S/c1-20-10-18-13-8-12(2-3-15(13)20)16(23)21-4-6-22(7-5-21)17(24)14-9-25-11-19-14/h2-3,8,10,14,19H,4-7,9,11H2,1H3. The molecule has 0 aliphatic carbocycles. The molecular formula is C17H21N5O2S. The van der Waals surface area contributed by atoms with E-state index in [-0.39, 0.29) is 17.9 Å². The van der Waals surface area contributed by atoms with E-state index in [9.17, 15) is 9.59 Å². The number of hydrogen-bond donors (Lipinski definition) is 1. The molecule has 1 atom stereocenters. The number of hydrogen-bond acceptors (Lipinski definition) is 5. The first-order valence-corrected chi connectivity index (χ1v) is 9.59. The van der Waals surface area contributed by atoms with Crippen LogP contribution in [-0.2, 0) is 11.8 Å². The quantitative estimate of drug-likeness (QED) is 0.847. The lowest BCUT2D eigenvalue weighted by atomic mass is 10.1. The molecule has 7 nitrogen and oxygen atoms in total. The molecule has 2 saturated heterocycles. The Hall–Kier alpha value is -2.06. The van der Waals surface area contributed by atoms with Gasteiger partial charge in [-0.05, 0) is 18.2 Å². The minimum absolute atomic E-state index is 0.00852. The lowest BCUT2D eigenvalue weighted by molar-refractivity contribution is -0.134. The Morgan fingerprint density at radius 2 is 1.96 bits per heavy atom. The van der Waals surface area contributed by atoms with Gasteiger partial charge in [0.1, 0.15) is 0 Å². The monoisotopic (exact) mass is 359 g/mol. The molecule has 8 heteroatoms. The van der Waals surface area contributed by atoms with Crippen LogP contribution in [0.25, 0.3) is 11.0 Å². The molecule has 2 aromatic rings. The van der Waals surface area contributed by atoms with E-state index in [1.165, 1.54) is 0 Å². The van der Waals surface area contributed by atoms with Gasteiger partial charge in [-0.15, -0.1) is 11.8 Å². The maximum absolute atomic E-state index is 12.8. The Bertz CT molecular complexity index is 806. The summed E-state index contributed by atoms with van der Waals surface area (Å²) in [4.78, 5) is 33.2. The molecule has 2 aliphatic heterocycles. The van der Waals surface area contributed by atoms with Crippen LogP contribution in [-0.4, -0.2) is 75.0 Å². The number of aromatic nitrogens is 2. The van der Waals surface area contributed by atoms with Crippen molar-refractivity contribution in [1.29, 1.82) is 0 Å². The molecule has 0 spiro atoms. The third-order valence-electron chi connectivity index (χ3n) is 4.87. The Labute approximate surface area is 150 Å². The molecule has 1 N–H and O–H groups in total. The number of carbonyl (C=O) groups excluding carboxylic acids is 2. The number of aryl methyl sites for hydroxylation is 1. The Kier molecular flexibility index (Phi) is 4.39. The third-order valence-corrected chi connectivity index (χ3v) is 5.81. The van der Waals surface area contributed by atoms with Crippen LogP contribution in [0.15, 0.2) is 24.5 Å². The number of piperazine rings is 1. The fourth-order valence-corrected chi connectivity index (χ4v) is 4.29. The predicted molar refractivity (Wildman–Crippen MR) is 97.4 cm³/mol. The molecule has 3 heterocycles. The van der Waals surface area contributed by atoms with Crippen molar-refractivity contribution in [2.75, 3.05) is 37.8 Å². The van der Waals surface area contributed by atoms with Crippen molar-refractivity contribution in [3.63, 3.8) is 0 Å². The Morgan fingerprint density at radius 3 is 2.68 bits per heavy atom. The second-order valence-corrected chi connectivity index (χ2v) is 7.48. The van der Waals surface area contributed by atoms with Gasteiger partial charge in [-0.3, -0.25) is 14.9 Å². The zero-order valence-corrected chi connectivity index (χ0v) is 15.0. The van der Waals surface area contributed by atoms with Crippen molar-refractivity contribution in [2.24, 2.45) is 7.05 Å². The first-order chi connectivity index (χ1) is 12.1. The van der Waals surface area contributed by atoms with Crippen molar-refractivity contribution in [2.45, 2.75) is 6.04 Å². The van der Waals surface area contributed by atoms with Crippen LogP contribution in [0.3, 0.4) is 0 Å². The summed E-state index contributed by atoms with van der Waals surface area (Å²) >= 11 is 1.75. The lowest BCUT2D eigenvalue weighted by Gasteiger charge is -2.36. The minimum atomic E-state index is -0.0705. The van der Waals surface area contributed by atoms with Gasteiger partial charge in [-0.2, -0.15) is 0 Å². The number of nitrogens with one attached hydrogen (secondary N) is 1. The summed E-state index contributed by atoms with van der Waals surface area (Å²) in [6.07, 6.45) is 1.75. The van der Waals surface area contributed by atoms with Crippen molar-refractivity contribution in [3.8, 4) is 0 Å². The molecule has 0 saturated carbocycles. The number of amides is 2. The van der Waals surface area contributed by atoms with Gasteiger partial charge in [0, 0.05) is 50.4 Å². The topological polar surface area (TPSA) is 70.5 Å². The van der Waals surface area contributed by atoms with Crippen LogP contribution in [0.5, 0.6) is 0 Å². The normalized spacial score (nSPS) is 21.1. The first-order valence-electron chi connectivity index (χ1n) is 8.44. The maximum Gasteiger partial charge on any atom is 0.254 e. The van der Waals surface area contributed by atoms with Crippen LogP contribution in [0, 0.1) is 0 Å². The third kappa shape index (κ3) is 3.11. The van der Waals surface area contributed by atoms with Gasteiger partial charge in [-0.1, -0.05) is 0 Å². The Balaban J connectivity index is 1.40. The van der Waals surface area contributed by atoms with E-state index in [1.54, 1.807) is 18.1 Å². The van der Waals surface area contributed by atoms with Crippen molar-refractivity contribution >= 4 is 34.6 Å². The second-order valence-electron chi connectivity index (χ2n) is 6.45. The minimum Gasteiger partial charge on any atom is -0.338 e. The summed E-state index contributed by atoms with van der Waals surface area (Å²) in [6.45, 7) is 2.34. The van der Waals surface area contributed by atoms with Crippen LogP contribution >= 0.6 is 11.8 Å². The van der Waals surface area contributed by atoms with E-state index in [1.807, 2.05) is 39.6 Å². The summed E-state index contributed by atoms with van der Waals surface area (Å²) in [5.41, 5.74) is 2.49. The van der Waals surface area contributed by atoms with E-state index in [0.717, 1.165) is 22.7 Å². The van der Waals surface area contributed by atoms with Crippen molar-refractivity contribution in [1.82, 2.24) is 24.7 Å². The average Bonchev–Trinajstić information content (AvgIpc) is 3.31. The summed E-state index contributed by atoms with van der Waals surface area (Å²) in [5.74, 6) is 1.84. The zero-order chi connectivity index (χ0) is 17.4. The zero-order valence-electron chi connectivity index (χ0n) is 14.1. The highest BCUT2D eigenvalue weighted by Gasteiger charge is 2.30. The van der Waals surface area contributed by atoms with Crippen LogP contribution in [0.2, 0.25) is 0 Å². The molecule has 2 amide bonds. The number of carbonyl (C=O) groups is 2. The summed E-state index contributed by atoms with van der Waals surface area (Å²) < 4.78 is 1.93. The highest BCUT2D eigenvalue weighted by molar-refractivity contribution is 7.99. The van der Waals surface area contributed by atoms with Crippen LogP contribution < -0.4 is 5.32 Å². The van der Waals surface area contributed by atoms with Gasteiger partial charge in [0.25, 0.3) is 5.91 Å². The van der Waals surface area contributed by atoms with Crippen molar-refractivity contribution < 1.29 is 9.59 Å². The Morgan fingerprint density at radius 1 is 1.20 bits per heavy atom. The summed E-state index contributed by atoms with van der Waals surface area (Å²) in [5, 5.41) is 3.21. The van der Waals surface area contributed by atoms with E-state index in [4.69, 9.17) is 0 Å². The number of rotatable bonds is 2. The first kappa shape index (κ1) is 16.4. The second kappa shape index (κ2) is 6.68. The fraction of sp³-hybridized carbons (Fsp3) is 0.471. The summed E-state index contributed by atoms with van der Waals surface area (Å²) in [7, 11) is 1.94. The van der Waals surface area contributed by atoms with Gasteiger partial charge < -0.3 is 14.4 Å². The van der Waals surface area contributed by atoms with E-state index >= 15 is 0 Å². The van der Waals surface area contributed by atoms with E-state index in [0.29, 0.717) is 31.7 Å². The van der Waals surface area contributed by atoms with Gasteiger partial charge in [0.05, 0.1) is 23.4 Å². The molecule has 0 bridgehead atoms. The highest BCUT2D eigenvalue weighted by atomic mass is 32.2. The summed E-state index contributed by atoms with van der Waals surface area (Å²) in [6, 6.07) is 5.55. The molecule has 132 valence electrons. The number of benzene rings is 1. The van der Waals surface area contributed by atoms with E-state index in [2.05, 4.69) is 10.3 Å². The predicted octanol–water partition coefficient (Wildman–Crippen LogP) is 0.520. The largest absolute Gasteiger partial charge is 0.338 e. The highest BCUT2D eigenvalue weighted by Crippen LogP contribution is 2.17. The number of imidazole rings is 1. The van der Waals surface area contributed by atoms with Gasteiger partial charge in [0.2, 0.25) is 5.91 Å². The number of thioether (sulfide) groups is 1. The van der Waals surface area contributed by atoms with Crippen molar-refractivity contribution in [3.05, 3.63) is 30.1 Å². The fourth-order valence-electron chi connectivity index (χ4n) is 3.36. The lowest BCUT2D eigenvalue weighted by Crippen LogP contribution is -2.54. The van der Waals surface area contributed by atoms with E-state index < -0.39 is 0 Å². The molecule has 1 unspecified atom stereocenters. The van der Waals surface area contributed by atoms with Gasteiger partial charge >= 0.3 is 0 Å². The molecule has 2 fully saturated rings. The van der Waals surface area contributed by atoms with Crippen LogP contribution in [0.4, 0.5) is 0 Å². The van der Waals surface area contributed by atoms with Gasteiger partial charge in [0.15, 0.2) is 0 Å². The molecule has 25 heavy (non-hydrogen) atoms. The molecular weight excluding hydrogens is 338 g/mol. The molecule has 2 aliphatic rings. The molecule has 4 rings (SSSR count). The molecule has 1 aromatic carbocycles. The molecule has 0 radical (unpaired) electrons. The smallest absolute Gasteiger partial charge is 0.254 e. The SMILES string of the molecule is Cn1cnc2cc(C(=O)N3CCN(C(=O)C4CSCN4)CC3)ccc21. The number of nitrogens with zero attached hydrogens (tertiary/aromatic N) is 4. The average molecular weight is 359 g/mol. The number of fused-ring (bicyclic) bond motifs is 1. The molecule has 1 aromatic heterocycles. The van der Waals surface area contributed by atoms with Crippen LogP contribution in [0.1, 0.15) is 10.4 Å². The maximum atomic E-state index is 12.8.